The van der Waals surface area contributed by atoms with E-state index in [4.69, 9.17) is 0 Å². The molecule has 0 unspecified atom stereocenters. The smallest absolute Gasteiger partial charge is 0.327 e. The lowest BCUT2D eigenvalue weighted by molar-refractivity contribution is -0.134. The number of aryl methyl sites for hydroxylation is 1. The van der Waals surface area contributed by atoms with Gasteiger partial charge in [0.15, 0.2) is 0 Å². The van der Waals surface area contributed by atoms with Crippen molar-refractivity contribution in [3.05, 3.63) is 18.2 Å². The zero-order chi connectivity index (χ0) is 18.4. The van der Waals surface area contributed by atoms with E-state index in [0.29, 0.717) is 38.2 Å². The molecule has 2 saturated heterocycles. The maximum absolute atomic E-state index is 12.8. The zero-order valence-corrected chi connectivity index (χ0v) is 15.2. The van der Waals surface area contributed by atoms with E-state index in [2.05, 4.69) is 4.98 Å². The molecule has 2 aliphatic heterocycles. The predicted molar refractivity (Wildman–Crippen MR) is 90.8 cm³/mol. The molecule has 0 radical (unpaired) electrons. The number of urea groups is 1. The Morgan fingerprint density at radius 3 is 2.40 bits per heavy atom. The van der Waals surface area contributed by atoms with Gasteiger partial charge in [0.05, 0.1) is 12.5 Å². The number of piperidine rings is 1. The van der Waals surface area contributed by atoms with Crippen LogP contribution in [0.1, 0.15) is 37.2 Å². The third-order valence-corrected chi connectivity index (χ3v) is 5.20. The van der Waals surface area contributed by atoms with Crippen LogP contribution in [0.15, 0.2) is 12.5 Å². The van der Waals surface area contributed by atoms with Crippen LogP contribution in [0.2, 0.25) is 0 Å². The molecule has 2 fully saturated rings. The van der Waals surface area contributed by atoms with E-state index in [-0.39, 0.29) is 23.8 Å². The van der Waals surface area contributed by atoms with Crippen LogP contribution in [-0.2, 0) is 11.8 Å². The quantitative estimate of drug-likeness (QED) is 0.763. The third-order valence-electron chi connectivity index (χ3n) is 5.20. The summed E-state index contributed by atoms with van der Waals surface area (Å²) in [4.78, 5) is 46.6. The van der Waals surface area contributed by atoms with Crippen LogP contribution in [-0.4, -0.2) is 74.3 Å². The van der Waals surface area contributed by atoms with Crippen LogP contribution in [0.3, 0.4) is 0 Å². The Morgan fingerprint density at radius 1 is 1.24 bits per heavy atom. The highest BCUT2D eigenvalue weighted by Gasteiger charge is 2.57. The normalized spacial score (nSPS) is 20.3. The average molecular weight is 347 g/mol. The molecule has 8 nitrogen and oxygen atoms in total. The zero-order valence-electron chi connectivity index (χ0n) is 15.2. The SMILES string of the molecule is CC(C)CN1C(=O)N(C)C(=O)C12CCN(C(=O)c1cncn1C)CC2. The summed E-state index contributed by atoms with van der Waals surface area (Å²) in [6.45, 7) is 5.51. The van der Waals surface area contributed by atoms with Gasteiger partial charge in [0.1, 0.15) is 11.2 Å². The van der Waals surface area contributed by atoms with Crippen molar-refractivity contribution in [3.63, 3.8) is 0 Å². The molecule has 4 amide bonds. The first-order valence-electron chi connectivity index (χ1n) is 8.63. The summed E-state index contributed by atoms with van der Waals surface area (Å²) >= 11 is 0. The van der Waals surface area contributed by atoms with Crippen LogP contribution < -0.4 is 0 Å². The van der Waals surface area contributed by atoms with Crippen molar-refractivity contribution in [3.8, 4) is 0 Å². The second-order valence-electron chi connectivity index (χ2n) is 7.36. The van der Waals surface area contributed by atoms with Crippen molar-refractivity contribution in [1.82, 2.24) is 24.3 Å². The van der Waals surface area contributed by atoms with Crippen LogP contribution in [0.4, 0.5) is 4.79 Å². The van der Waals surface area contributed by atoms with E-state index in [1.165, 1.54) is 4.90 Å². The highest BCUT2D eigenvalue weighted by molar-refractivity contribution is 6.07. The molecule has 1 aromatic rings. The van der Waals surface area contributed by atoms with Gasteiger partial charge in [-0.1, -0.05) is 13.8 Å². The molecule has 0 bridgehead atoms. The van der Waals surface area contributed by atoms with E-state index in [1.807, 2.05) is 13.8 Å². The lowest BCUT2D eigenvalue weighted by Crippen LogP contribution is -2.58. The summed E-state index contributed by atoms with van der Waals surface area (Å²) in [7, 11) is 3.32. The van der Waals surface area contributed by atoms with Gasteiger partial charge >= 0.3 is 6.03 Å². The van der Waals surface area contributed by atoms with Crippen molar-refractivity contribution >= 4 is 17.8 Å². The Balaban J connectivity index is 1.79. The molecule has 1 aromatic heterocycles. The molecule has 8 heteroatoms. The Bertz CT molecular complexity index is 703. The molecule has 1 spiro atoms. The molecule has 0 aliphatic carbocycles. The summed E-state index contributed by atoms with van der Waals surface area (Å²) in [5.41, 5.74) is -0.278. The average Bonchev–Trinajstić information content (AvgIpc) is 3.08. The Hall–Kier alpha value is -2.38. The van der Waals surface area contributed by atoms with Gasteiger partial charge < -0.3 is 14.4 Å². The number of hydrogen-bond acceptors (Lipinski definition) is 4. The van der Waals surface area contributed by atoms with Crippen molar-refractivity contribution in [2.45, 2.75) is 32.2 Å². The predicted octanol–water partition coefficient (Wildman–Crippen LogP) is 0.945. The maximum Gasteiger partial charge on any atom is 0.327 e. The number of hydrogen-bond donors (Lipinski definition) is 0. The standard InChI is InChI=1S/C17H25N5O3/c1-12(2)10-22-16(25)20(4)15(24)17(22)5-7-21(8-6-17)14(23)13-9-18-11-19(13)3/h9,11-12H,5-8,10H2,1-4H3. The molecule has 0 N–H and O–H groups in total. The molecular formula is C17H25N5O3. The first kappa shape index (κ1) is 17.4. The number of likely N-dealkylation sites (N-methyl/N-ethyl adjacent to an activating group) is 1. The lowest BCUT2D eigenvalue weighted by atomic mass is 9.85. The summed E-state index contributed by atoms with van der Waals surface area (Å²) in [6.07, 6.45) is 4.09. The Morgan fingerprint density at radius 2 is 1.88 bits per heavy atom. The van der Waals surface area contributed by atoms with Gasteiger partial charge in [-0.3, -0.25) is 14.5 Å². The number of carbonyl (C=O) groups excluding carboxylic acids is 3. The fourth-order valence-electron chi connectivity index (χ4n) is 3.79. The number of likely N-dealkylation sites (tertiary alicyclic amines) is 1. The highest BCUT2D eigenvalue weighted by Crippen LogP contribution is 2.37. The molecule has 136 valence electrons. The fourth-order valence-corrected chi connectivity index (χ4v) is 3.79. The van der Waals surface area contributed by atoms with Gasteiger partial charge in [0.25, 0.3) is 11.8 Å². The molecule has 25 heavy (non-hydrogen) atoms. The number of rotatable bonds is 3. The molecule has 2 aliphatic rings. The Labute approximate surface area is 147 Å². The first-order valence-corrected chi connectivity index (χ1v) is 8.63. The van der Waals surface area contributed by atoms with E-state index in [1.54, 1.807) is 41.0 Å². The minimum Gasteiger partial charge on any atom is -0.337 e. The summed E-state index contributed by atoms with van der Waals surface area (Å²) < 4.78 is 1.69. The second-order valence-corrected chi connectivity index (χ2v) is 7.36. The number of aromatic nitrogens is 2. The number of amides is 4. The van der Waals surface area contributed by atoms with E-state index < -0.39 is 5.54 Å². The van der Waals surface area contributed by atoms with Gasteiger partial charge in [-0.05, 0) is 18.8 Å². The lowest BCUT2D eigenvalue weighted by Gasteiger charge is -2.42. The molecule has 0 aromatic carbocycles. The minimum atomic E-state index is -0.806. The molecule has 3 heterocycles. The number of imide groups is 1. The molecule has 0 atom stereocenters. The number of carbonyl (C=O) groups is 3. The van der Waals surface area contributed by atoms with Gasteiger partial charge in [-0.25, -0.2) is 9.78 Å². The Kier molecular flexibility index (Phi) is 4.30. The molecule has 3 rings (SSSR count). The van der Waals surface area contributed by atoms with Crippen LogP contribution >= 0.6 is 0 Å². The number of imidazole rings is 1. The third kappa shape index (κ3) is 2.69. The van der Waals surface area contributed by atoms with Gasteiger partial charge in [-0.15, -0.1) is 0 Å². The van der Waals surface area contributed by atoms with E-state index in [0.717, 1.165) is 0 Å². The first-order chi connectivity index (χ1) is 11.8. The largest absolute Gasteiger partial charge is 0.337 e. The summed E-state index contributed by atoms with van der Waals surface area (Å²) in [5, 5.41) is 0. The van der Waals surface area contributed by atoms with Crippen LogP contribution in [0.5, 0.6) is 0 Å². The van der Waals surface area contributed by atoms with Gasteiger partial charge in [0, 0.05) is 33.7 Å². The van der Waals surface area contributed by atoms with Crippen molar-refractivity contribution < 1.29 is 14.4 Å². The van der Waals surface area contributed by atoms with Crippen molar-refractivity contribution in [2.24, 2.45) is 13.0 Å². The summed E-state index contributed by atoms with van der Waals surface area (Å²) in [5.74, 6) is 0.0374. The fraction of sp³-hybridized carbons (Fsp3) is 0.647. The molecular weight excluding hydrogens is 322 g/mol. The van der Waals surface area contributed by atoms with Crippen LogP contribution in [0.25, 0.3) is 0 Å². The highest BCUT2D eigenvalue weighted by atomic mass is 16.2. The van der Waals surface area contributed by atoms with Crippen molar-refractivity contribution in [1.29, 1.82) is 0 Å². The monoisotopic (exact) mass is 347 g/mol. The van der Waals surface area contributed by atoms with Crippen molar-refractivity contribution in [2.75, 3.05) is 26.7 Å². The van der Waals surface area contributed by atoms with Crippen LogP contribution in [0, 0.1) is 5.92 Å². The minimum absolute atomic E-state index is 0.0876. The van der Waals surface area contributed by atoms with E-state index >= 15 is 0 Å². The summed E-state index contributed by atoms with van der Waals surface area (Å²) in [6, 6.07) is -0.231. The number of nitrogens with zero attached hydrogens (tertiary/aromatic N) is 5. The van der Waals surface area contributed by atoms with E-state index in [9.17, 15) is 14.4 Å². The van der Waals surface area contributed by atoms with Gasteiger partial charge in [0.2, 0.25) is 0 Å². The topological polar surface area (TPSA) is 78.8 Å². The second kappa shape index (κ2) is 6.16. The maximum atomic E-state index is 12.8. The molecule has 0 saturated carbocycles. The van der Waals surface area contributed by atoms with Gasteiger partial charge in [-0.2, -0.15) is 0 Å².